The standard InChI is InChI=1S/C84H98N12O11S3/c1-53(2)73-81(105)95-72(79(103)91-67(74(85)98)47-56-49-88-64-35-20-18-33-62(56)64)52-110-109-51-71(94-76(100)68(45-54-25-10-6-11-26-54)86-43-24-44-108-84(58-27-12-7-13-28-58,59-29-14-8-15-30-59)60-31-16-9-17-32-60)80(104)92-69(46-55-38-40-61(97)41-39-55)77(101)93-70(48-57-50-89-65-36-21-19-34-63(57)65)78(102)90-66(75(99)96-73)37-22-23-42-87-82(106)107-83(3,4)5/h6-21,25-36,38-41,49-50,53,66-73,86,88-89,97H,22-24,37,42-48,51-52H2,1-5H3,(H2,85,98)(H,87,106)(H,90,102)(H,91,103)(H,92,104)(H,93,101)(H,94,100)(H,95,105)(H,96,99)/t66-,67-,68+,69-,70+,71-,72-,73-/m0/s1. The van der Waals surface area contributed by atoms with Gasteiger partial charge in [-0.25, -0.2) is 4.79 Å². The van der Waals surface area contributed by atoms with E-state index in [0.29, 0.717) is 41.8 Å². The van der Waals surface area contributed by atoms with E-state index in [4.69, 9.17) is 10.5 Å². The monoisotopic (exact) mass is 1550 g/mol. The van der Waals surface area contributed by atoms with Crippen molar-refractivity contribution < 1.29 is 53.0 Å². The number of aromatic nitrogens is 2. The van der Waals surface area contributed by atoms with Crippen molar-refractivity contribution in [3.05, 3.63) is 245 Å². The second-order valence-corrected chi connectivity index (χ2v) is 32.5. The van der Waals surface area contributed by atoms with Gasteiger partial charge in [0.2, 0.25) is 47.3 Å². The van der Waals surface area contributed by atoms with Crippen molar-refractivity contribution in [3.8, 4) is 5.75 Å². The fourth-order valence-electron chi connectivity index (χ4n) is 13.3. The number of unbranched alkanes of at least 4 members (excludes halogenated alkanes) is 1. The van der Waals surface area contributed by atoms with Crippen molar-refractivity contribution in [1.82, 2.24) is 57.8 Å². The van der Waals surface area contributed by atoms with Gasteiger partial charge in [0.1, 0.15) is 53.6 Å². The Bertz CT molecular complexity index is 4470. The molecule has 14 N–H and O–H groups in total. The number of fused-ring (bicyclic) bond motifs is 2. The SMILES string of the molecule is CC(C)[C@@H]1NC(=O)[C@H](CCCCNC(=O)OC(C)(C)C)NC(=O)[C@@H](Cc2c[nH]c3ccccc23)NC(=O)[C@H](Cc2ccc(O)cc2)NC(=O)[C@@H](NC(=O)[C@@H](Cc2ccccc2)NCCCSC(c2ccccc2)(c2ccccc2)c2ccccc2)CSSC[C@@H](C(=O)N[C@@H](Cc2c[nH]c3ccccc23)C(N)=O)NC1=O. The van der Waals surface area contributed by atoms with Crippen LogP contribution >= 0.6 is 33.3 Å². The summed E-state index contributed by atoms with van der Waals surface area (Å²) < 4.78 is 4.83. The molecule has 7 aromatic carbocycles. The zero-order valence-corrected chi connectivity index (χ0v) is 64.8. The molecule has 1 fully saturated rings. The highest BCUT2D eigenvalue weighted by molar-refractivity contribution is 8.76. The van der Waals surface area contributed by atoms with E-state index in [9.17, 15) is 19.5 Å². The van der Waals surface area contributed by atoms with Gasteiger partial charge in [-0.2, -0.15) is 0 Å². The van der Waals surface area contributed by atoms with Crippen molar-refractivity contribution in [2.24, 2.45) is 11.7 Å². The summed E-state index contributed by atoms with van der Waals surface area (Å²) in [6, 6.07) is 50.7. The quantitative estimate of drug-likeness (QED) is 0.0123. The zero-order chi connectivity index (χ0) is 78.2. The Morgan fingerprint density at radius 3 is 1.67 bits per heavy atom. The van der Waals surface area contributed by atoms with E-state index < -0.39 is 118 Å². The fraction of sp³-hybridized carbons (Fsp3) is 0.345. The van der Waals surface area contributed by atoms with Gasteiger partial charge in [0.25, 0.3) is 0 Å². The first kappa shape index (κ1) is 82.0. The topological polar surface area (TPSA) is 349 Å². The van der Waals surface area contributed by atoms with Crippen LogP contribution in [0.25, 0.3) is 21.8 Å². The van der Waals surface area contributed by atoms with Gasteiger partial charge in [-0.3, -0.25) is 38.4 Å². The number of nitrogens with one attached hydrogen (secondary N) is 11. The number of carbonyl (C=O) groups excluding carboxylic acids is 9. The van der Waals surface area contributed by atoms with Crippen LogP contribution in [0.2, 0.25) is 0 Å². The van der Waals surface area contributed by atoms with Gasteiger partial charge in [-0.1, -0.05) is 205 Å². The molecule has 3 heterocycles. The first-order valence-corrected chi connectivity index (χ1v) is 40.6. The lowest BCUT2D eigenvalue weighted by atomic mass is 9.84. The van der Waals surface area contributed by atoms with Crippen molar-refractivity contribution in [2.45, 2.75) is 145 Å². The number of rotatable bonds is 28. The Labute approximate surface area is 653 Å². The molecule has 26 heteroatoms. The second-order valence-electron chi connectivity index (χ2n) is 28.7. The summed E-state index contributed by atoms with van der Waals surface area (Å²) >= 11 is 1.79. The Morgan fingerprint density at radius 1 is 0.555 bits per heavy atom. The number of aromatic amines is 2. The maximum absolute atomic E-state index is 15.6. The third-order valence-electron chi connectivity index (χ3n) is 19.0. The molecular weight excluding hydrogens is 1450 g/mol. The van der Waals surface area contributed by atoms with Crippen molar-refractivity contribution in [2.75, 3.05) is 30.3 Å². The van der Waals surface area contributed by atoms with Crippen LogP contribution in [0, 0.1) is 5.92 Å². The lowest BCUT2D eigenvalue weighted by molar-refractivity contribution is -0.136. The maximum atomic E-state index is 15.6. The number of primary amides is 1. The Balaban J connectivity index is 0.988. The molecule has 1 aliphatic heterocycles. The van der Waals surface area contributed by atoms with Crippen LogP contribution < -0.4 is 53.6 Å². The fourth-order valence-corrected chi connectivity index (χ4v) is 17.1. The summed E-state index contributed by atoms with van der Waals surface area (Å²) in [5.74, 6) is -6.65. The predicted octanol–water partition coefficient (Wildman–Crippen LogP) is 9.32. The third kappa shape index (κ3) is 23.0. The lowest BCUT2D eigenvalue weighted by Gasteiger charge is -2.35. The molecule has 2 aromatic heterocycles. The van der Waals surface area contributed by atoms with Gasteiger partial charge >= 0.3 is 6.09 Å². The number of carbonyl (C=O) groups is 9. The largest absolute Gasteiger partial charge is 0.508 e. The Hall–Kier alpha value is -10.5. The molecule has 10 rings (SSSR count). The van der Waals surface area contributed by atoms with Gasteiger partial charge in [-0.05, 0) is 134 Å². The minimum atomic E-state index is -1.47. The first-order valence-electron chi connectivity index (χ1n) is 37.1. The van der Waals surface area contributed by atoms with Gasteiger partial charge in [-0.15, -0.1) is 11.8 Å². The Morgan fingerprint density at radius 2 is 1.08 bits per heavy atom. The van der Waals surface area contributed by atoms with Gasteiger partial charge < -0.3 is 73.4 Å². The molecule has 0 unspecified atom stereocenters. The molecule has 8 atom stereocenters. The van der Waals surface area contributed by atoms with Crippen molar-refractivity contribution in [1.29, 1.82) is 0 Å². The van der Waals surface area contributed by atoms with E-state index in [2.05, 4.69) is 94.2 Å². The van der Waals surface area contributed by atoms with E-state index in [1.807, 2.05) is 133 Å². The number of alkyl carbamates (subject to hydrolysis) is 1. The summed E-state index contributed by atoms with van der Waals surface area (Å²) in [4.78, 5) is 139. The third-order valence-corrected chi connectivity index (χ3v) is 23.0. The summed E-state index contributed by atoms with van der Waals surface area (Å²) in [7, 11) is 2.16. The number of phenols is 1. The number of benzene rings is 7. The highest BCUT2D eigenvalue weighted by atomic mass is 33.1. The molecule has 0 spiro atoms. The number of ether oxygens (including phenoxy) is 1. The number of aromatic hydroxyl groups is 1. The maximum Gasteiger partial charge on any atom is 0.407 e. The van der Waals surface area contributed by atoms with Crippen LogP contribution in [0.5, 0.6) is 5.75 Å². The van der Waals surface area contributed by atoms with E-state index >= 15 is 28.8 Å². The average Bonchev–Trinajstić information content (AvgIpc) is 1.03. The smallest absolute Gasteiger partial charge is 0.407 e. The van der Waals surface area contributed by atoms with Gasteiger partial charge in [0.05, 0.1) is 10.8 Å². The molecule has 0 bridgehead atoms. The van der Waals surface area contributed by atoms with Crippen LogP contribution in [0.4, 0.5) is 4.79 Å². The molecule has 0 saturated carbocycles. The molecule has 23 nitrogen and oxygen atoms in total. The first-order chi connectivity index (χ1) is 53.0. The molecule has 9 amide bonds. The molecule has 1 aliphatic rings. The second kappa shape index (κ2) is 39.7. The molecule has 1 saturated heterocycles. The highest BCUT2D eigenvalue weighted by Crippen LogP contribution is 2.48. The van der Waals surface area contributed by atoms with E-state index in [-0.39, 0.29) is 62.3 Å². The summed E-state index contributed by atoms with van der Waals surface area (Å²) in [6.07, 6.45) is 3.77. The molecule has 110 heavy (non-hydrogen) atoms. The molecule has 9 aromatic rings. The molecule has 0 aliphatic carbocycles. The number of nitrogens with two attached hydrogens (primary N) is 1. The number of phenolic OH excluding ortho intramolecular Hbond substituents is 1. The van der Waals surface area contributed by atoms with Crippen LogP contribution in [0.15, 0.2) is 207 Å². The van der Waals surface area contributed by atoms with Crippen LogP contribution in [0.1, 0.15) is 99.2 Å². The van der Waals surface area contributed by atoms with Crippen LogP contribution in [-0.2, 0) is 73.5 Å². The minimum absolute atomic E-state index is 0.0239. The van der Waals surface area contributed by atoms with Crippen LogP contribution in [-0.4, -0.2) is 153 Å². The number of amides is 9. The van der Waals surface area contributed by atoms with Gasteiger partial charge in [0.15, 0.2) is 0 Å². The average molecular weight is 1550 g/mol. The number of para-hydroxylation sites is 2. The predicted molar refractivity (Wildman–Crippen MR) is 435 cm³/mol. The highest BCUT2D eigenvalue weighted by Gasteiger charge is 2.39. The van der Waals surface area contributed by atoms with Crippen molar-refractivity contribution >= 4 is 109 Å². The van der Waals surface area contributed by atoms with Gasteiger partial charge in [0, 0.05) is 71.5 Å². The molecule has 578 valence electrons. The molecular formula is C84H98N12O11S3. The molecule has 0 radical (unpaired) electrons. The number of hydrogen-bond acceptors (Lipinski definition) is 15. The number of thioether (sulfide) groups is 1. The number of hydrogen-bond donors (Lipinski definition) is 13. The summed E-state index contributed by atoms with van der Waals surface area (Å²) in [5.41, 5.74) is 12.7. The van der Waals surface area contributed by atoms with Crippen molar-refractivity contribution in [3.63, 3.8) is 0 Å². The Kier molecular flexibility index (Phi) is 29.6. The lowest BCUT2D eigenvalue weighted by Crippen LogP contribution is -2.62. The number of H-pyrrole nitrogens is 2. The normalized spacial score (nSPS) is 18.5. The van der Waals surface area contributed by atoms with E-state index in [0.717, 1.165) is 65.6 Å². The summed E-state index contributed by atoms with van der Waals surface area (Å²) in [5, 5.41) is 38.5. The zero-order valence-electron chi connectivity index (χ0n) is 62.4. The van der Waals surface area contributed by atoms with Crippen LogP contribution in [0.3, 0.4) is 0 Å². The van der Waals surface area contributed by atoms with E-state index in [1.54, 1.807) is 70.9 Å². The summed E-state index contributed by atoms with van der Waals surface area (Å²) in [6.45, 7) is 9.09. The minimum Gasteiger partial charge on any atom is -0.508 e. The van der Waals surface area contributed by atoms with E-state index in [1.165, 1.54) is 12.1 Å².